The first-order valence-corrected chi connectivity index (χ1v) is 11.0. The number of ether oxygens (including phenoxy) is 2. The fraction of sp³-hybridized carbons (Fsp3) is 0.565. The van der Waals surface area contributed by atoms with Crippen LogP contribution >= 0.6 is 0 Å². The molecule has 0 spiro atoms. The number of carbonyl (C=O) groups is 1. The van der Waals surface area contributed by atoms with Gasteiger partial charge in [-0.1, -0.05) is 38.1 Å². The summed E-state index contributed by atoms with van der Waals surface area (Å²) >= 11 is 0. The molecule has 0 radical (unpaired) electrons. The molecule has 0 bridgehead atoms. The molecule has 1 saturated heterocycles. The molecule has 1 aromatic carbocycles. The van der Waals surface area contributed by atoms with Gasteiger partial charge in [-0.05, 0) is 29.9 Å². The first-order chi connectivity index (χ1) is 15.7. The van der Waals surface area contributed by atoms with E-state index in [1.807, 2.05) is 38.1 Å². The van der Waals surface area contributed by atoms with E-state index in [0.717, 1.165) is 22.4 Å². The van der Waals surface area contributed by atoms with Crippen molar-refractivity contribution in [3.8, 4) is 5.88 Å². The maximum Gasteiger partial charge on any atom is 0.303 e. The van der Waals surface area contributed by atoms with Crippen molar-refractivity contribution < 1.29 is 39.1 Å². The first kappa shape index (κ1) is 25.1. The van der Waals surface area contributed by atoms with E-state index >= 15 is 0 Å². The Balaban J connectivity index is 1.76. The van der Waals surface area contributed by atoms with Gasteiger partial charge in [0.25, 0.3) is 0 Å². The molecular weight excluding hydrogens is 435 g/mol. The minimum absolute atomic E-state index is 0.0864. The number of carboxylic acid groups (broad SMARTS) is 1. The molecule has 1 aliphatic heterocycles. The average molecular weight is 467 g/mol. The Morgan fingerprint density at radius 3 is 2.48 bits per heavy atom. The quantitative estimate of drug-likeness (QED) is 0.356. The predicted molar refractivity (Wildman–Crippen MR) is 116 cm³/mol. The number of aromatic nitrogens is 2. The summed E-state index contributed by atoms with van der Waals surface area (Å²) in [5.41, 5.74) is 3.56. The number of benzene rings is 1. The van der Waals surface area contributed by atoms with Crippen molar-refractivity contribution in [2.45, 2.75) is 76.2 Å². The number of rotatable bonds is 10. The highest BCUT2D eigenvalue weighted by Crippen LogP contribution is 2.31. The van der Waals surface area contributed by atoms with Gasteiger partial charge in [-0.25, -0.2) is 4.39 Å². The number of hydrogen-bond donors (Lipinski definition) is 5. The van der Waals surface area contributed by atoms with Gasteiger partial charge in [-0.15, -0.1) is 5.10 Å². The lowest BCUT2D eigenvalue weighted by molar-refractivity contribution is -0.265. The molecule has 2 heterocycles. The molecular formula is C23H31FN2O7. The van der Waals surface area contributed by atoms with Crippen LogP contribution in [-0.2, 0) is 22.4 Å². The minimum atomic E-state index is -1.94. The molecule has 0 aliphatic carbocycles. The maximum atomic E-state index is 14.0. The summed E-state index contributed by atoms with van der Waals surface area (Å²) in [7, 11) is 0. The summed E-state index contributed by atoms with van der Waals surface area (Å²) in [6, 6.07) is 7.79. The minimum Gasteiger partial charge on any atom is -0.481 e. The number of alkyl halides is 1. The Bertz CT molecular complexity index is 916. The van der Waals surface area contributed by atoms with Crippen LogP contribution in [0.25, 0.3) is 0 Å². The topological polar surface area (TPSA) is 145 Å². The highest BCUT2D eigenvalue weighted by atomic mass is 19.1. The number of nitrogens with one attached hydrogen (secondary N) is 1. The average Bonchev–Trinajstić information content (AvgIpc) is 3.17. The second kappa shape index (κ2) is 11.1. The lowest BCUT2D eigenvalue weighted by atomic mass is 9.98. The molecule has 1 aromatic heterocycles. The van der Waals surface area contributed by atoms with Crippen LogP contribution in [0.1, 0.15) is 55.0 Å². The third-order valence-corrected chi connectivity index (χ3v) is 5.73. The summed E-state index contributed by atoms with van der Waals surface area (Å²) in [4.78, 5) is 10.7. The number of nitrogens with zero attached hydrogens (tertiary/aromatic N) is 1. The molecule has 1 fully saturated rings. The second-order valence-corrected chi connectivity index (χ2v) is 8.59. The number of aryl methyl sites for hydroxylation is 1. The van der Waals surface area contributed by atoms with Crippen LogP contribution in [0.5, 0.6) is 5.88 Å². The fourth-order valence-corrected chi connectivity index (χ4v) is 3.83. The van der Waals surface area contributed by atoms with Crippen molar-refractivity contribution in [1.82, 2.24) is 10.2 Å². The van der Waals surface area contributed by atoms with Gasteiger partial charge in [0, 0.05) is 24.1 Å². The van der Waals surface area contributed by atoms with E-state index in [0.29, 0.717) is 19.3 Å². The molecule has 1 aliphatic rings. The molecule has 182 valence electrons. The Hall–Kier alpha value is -2.53. The number of aliphatic carboxylic acids is 1. The molecule has 0 amide bonds. The first-order valence-electron chi connectivity index (χ1n) is 11.0. The van der Waals surface area contributed by atoms with Gasteiger partial charge in [0.05, 0.1) is 6.61 Å². The van der Waals surface area contributed by atoms with Crippen molar-refractivity contribution in [2.75, 3.05) is 6.61 Å². The van der Waals surface area contributed by atoms with Gasteiger partial charge in [0.2, 0.25) is 12.2 Å². The van der Waals surface area contributed by atoms with Crippen molar-refractivity contribution >= 4 is 5.97 Å². The molecule has 0 saturated carbocycles. The maximum absolute atomic E-state index is 14.0. The lowest BCUT2D eigenvalue weighted by Gasteiger charge is -2.38. The van der Waals surface area contributed by atoms with Crippen molar-refractivity contribution in [3.63, 3.8) is 0 Å². The van der Waals surface area contributed by atoms with Crippen molar-refractivity contribution in [3.05, 3.63) is 46.6 Å². The van der Waals surface area contributed by atoms with Crippen LogP contribution in [0.2, 0.25) is 0 Å². The Morgan fingerprint density at radius 1 is 1.21 bits per heavy atom. The van der Waals surface area contributed by atoms with Crippen molar-refractivity contribution in [2.24, 2.45) is 0 Å². The molecule has 10 heteroatoms. The van der Waals surface area contributed by atoms with E-state index < -0.39 is 43.3 Å². The Kier molecular flexibility index (Phi) is 8.41. The van der Waals surface area contributed by atoms with E-state index in [1.165, 1.54) is 0 Å². The van der Waals surface area contributed by atoms with Crippen LogP contribution in [0, 0.1) is 0 Å². The standard InChI is InChI=1S/C23H31FN2O7/c1-12(2)19-15(10-14-8-6-13(7-9-14)4-3-5-17(28)29)22(26-25-19)33-23-21(31)20(30)18(24)16(11-27)32-23/h6-9,12,16,18,20-21,23,27,30-31H,3-5,10-11H2,1-2H3,(H,25,26)(H,28,29)/t16-,18-,20+,21-,23+/m1/s1. The number of hydrogen-bond acceptors (Lipinski definition) is 7. The zero-order valence-electron chi connectivity index (χ0n) is 18.6. The predicted octanol–water partition coefficient (Wildman–Crippen LogP) is 1.69. The monoisotopic (exact) mass is 466 g/mol. The van der Waals surface area contributed by atoms with Crippen LogP contribution < -0.4 is 4.74 Å². The zero-order valence-corrected chi connectivity index (χ0v) is 18.6. The number of aliphatic hydroxyl groups is 3. The van der Waals surface area contributed by atoms with Crippen LogP contribution in [-0.4, -0.2) is 74.0 Å². The van der Waals surface area contributed by atoms with E-state index in [2.05, 4.69) is 10.2 Å². The van der Waals surface area contributed by atoms with Crippen LogP contribution in [0.4, 0.5) is 4.39 Å². The van der Waals surface area contributed by atoms with Crippen LogP contribution in [0.15, 0.2) is 24.3 Å². The smallest absolute Gasteiger partial charge is 0.303 e. The van der Waals surface area contributed by atoms with E-state index in [-0.39, 0.29) is 18.2 Å². The SMILES string of the molecule is CC(C)c1[nH]nc(O[C@@H]2O[C@H](CO)[C@@H](F)[C@H](O)[C@H]2O)c1Cc1ccc(CCCC(=O)O)cc1. The third kappa shape index (κ3) is 6.08. The van der Waals surface area contributed by atoms with Gasteiger partial charge in [0.1, 0.15) is 18.3 Å². The van der Waals surface area contributed by atoms with Crippen LogP contribution in [0.3, 0.4) is 0 Å². The number of halogens is 1. The Labute approximate surface area is 191 Å². The van der Waals surface area contributed by atoms with E-state index in [4.69, 9.17) is 14.6 Å². The van der Waals surface area contributed by atoms with Crippen molar-refractivity contribution in [1.29, 1.82) is 0 Å². The van der Waals surface area contributed by atoms with Gasteiger partial charge >= 0.3 is 5.97 Å². The van der Waals surface area contributed by atoms with Gasteiger partial charge in [0.15, 0.2) is 6.17 Å². The molecule has 5 N–H and O–H groups in total. The summed E-state index contributed by atoms with van der Waals surface area (Å²) in [6.45, 7) is 3.30. The van der Waals surface area contributed by atoms with Gasteiger partial charge in [-0.3, -0.25) is 9.89 Å². The second-order valence-electron chi connectivity index (χ2n) is 8.59. The highest BCUT2D eigenvalue weighted by molar-refractivity contribution is 5.66. The third-order valence-electron chi connectivity index (χ3n) is 5.73. The van der Waals surface area contributed by atoms with Gasteiger partial charge in [-0.2, -0.15) is 0 Å². The molecule has 33 heavy (non-hydrogen) atoms. The summed E-state index contributed by atoms with van der Waals surface area (Å²) in [6.07, 6.45) is -6.27. The summed E-state index contributed by atoms with van der Waals surface area (Å²) in [5.74, 6) is -0.565. The fourth-order valence-electron chi connectivity index (χ4n) is 3.83. The molecule has 2 aromatic rings. The molecule has 0 unspecified atom stereocenters. The zero-order chi connectivity index (χ0) is 24.1. The number of carboxylic acids is 1. The highest BCUT2D eigenvalue weighted by Gasteiger charge is 2.46. The van der Waals surface area contributed by atoms with E-state index in [9.17, 15) is 24.5 Å². The van der Waals surface area contributed by atoms with E-state index in [1.54, 1.807) is 0 Å². The normalized spacial score (nSPS) is 25.4. The number of aliphatic hydroxyl groups excluding tert-OH is 3. The molecule has 5 atom stereocenters. The Morgan fingerprint density at radius 2 is 1.88 bits per heavy atom. The largest absolute Gasteiger partial charge is 0.481 e. The summed E-state index contributed by atoms with van der Waals surface area (Å²) in [5, 5.41) is 45.4. The summed E-state index contributed by atoms with van der Waals surface area (Å²) < 4.78 is 25.1. The molecule has 3 rings (SSSR count). The lowest BCUT2D eigenvalue weighted by Crippen LogP contribution is -2.58. The number of aromatic amines is 1. The number of H-pyrrole nitrogens is 1. The van der Waals surface area contributed by atoms with Gasteiger partial charge < -0.3 is 29.9 Å². The molecule has 9 nitrogen and oxygen atoms in total.